The number of carbonyl (C=O) groups is 1. The summed E-state index contributed by atoms with van der Waals surface area (Å²) in [5, 5.41) is 20.9. The summed E-state index contributed by atoms with van der Waals surface area (Å²) >= 11 is 0. The Bertz CT molecular complexity index is 856. The van der Waals surface area contributed by atoms with E-state index in [-0.39, 0.29) is 32.7 Å². The van der Waals surface area contributed by atoms with Gasteiger partial charge in [0.15, 0.2) is 5.75 Å². The highest BCUT2D eigenvalue weighted by atomic mass is 16.8. The van der Waals surface area contributed by atoms with Crippen LogP contribution in [-0.2, 0) is 4.84 Å². The number of carboxylic acid groups (broad SMARTS) is 1. The van der Waals surface area contributed by atoms with E-state index >= 15 is 0 Å². The van der Waals surface area contributed by atoms with Crippen molar-refractivity contribution < 1.29 is 29.0 Å². The van der Waals surface area contributed by atoms with Gasteiger partial charge in [0.25, 0.3) is 0 Å². The van der Waals surface area contributed by atoms with E-state index in [0.717, 1.165) is 24.0 Å². The molecule has 1 aromatic carbocycles. The lowest BCUT2D eigenvalue weighted by molar-refractivity contribution is -1.13. The molecular formula is C22H33N2O6+. The molecule has 0 amide bonds. The van der Waals surface area contributed by atoms with Crippen molar-refractivity contribution in [2.45, 2.75) is 78.4 Å². The van der Waals surface area contributed by atoms with Crippen LogP contribution < -0.4 is 4.74 Å². The third kappa shape index (κ3) is 4.24. The number of hydrogen-bond donors (Lipinski definition) is 1. The van der Waals surface area contributed by atoms with E-state index in [0.29, 0.717) is 25.3 Å². The van der Waals surface area contributed by atoms with Gasteiger partial charge in [0, 0.05) is 23.8 Å². The van der Waals surface area contributed by atoms with Gasteiger partial charge in [-0.05, 0) is 57.7 Å². The average Bonchev–Trinajstić information content (AvgIpc) is 3.38. The molecule has 2 aliphatic rings. The van der Waals surface area contributed by atoms with Crippen LogP contribution in [0.15, 0.2) is 12.1 Å². The molecule has 1 saturated carbocycles. The Hall–Kier alpha value is -2.35. The van der Waals surface area contributed by atoms with Gasteiger partial charge >= 0.3 is 11.8 Å². The number of hydroxylamine groups is 3. The Morgan fingerprint density at radius 1 is 1.27 bits per heavy atom. The number of hydrogen-bond acceptors (Lipinski definition) is 5. The number of quaternary nitrogens is 1. The average molecular weight is 422 g/mol. The summed E-state index contributed by atoms with van der Waals surface area (Å²) < 4.78 is 5.90. The minimum absolute atomic E-state index is 0.00537. The first-order chi connectivity index (χ1) is 13.8. The van der Waals surface area contributed by atoms with E-state index < -0.39 is 11.7 Å². The smallest absolute Gasteiger partial charge is 0.483 e. The number of nitro benzene ring substituents is 1. The second kappa shape index (κ2) is 7.41. The molecule has 1 saturated heterocycles. The molecule has 0 radical (unpaired) electrons. The summed E-state index contributed by atoms with van der Waals surface area (Å²) in [4.78, 5) is 28.1. The van der Waals surface area contributed by atoms with Gasteiger partial charge < -0.3 is 9.84 Å². The van der Waals surface area contributed by atoms with E-state index in [1.165, 1.54) is 0 Å². The molecule has 0 bridgehead atoms. The molecule has 3 rings (SSSR count). The fourth-order valence-electron chi connectivity index (χ4n) is 4.76. The van der Waals surface area contributed by atoms with Gasteiger partial charge in [-0.3, -0.25) is 10.1 Å². The van der Waals surface area contributed by atoms with Gasteiger partial charge in [0.2, 0.25) is 0 Å². The molecule has 2 atom stereocenters. The van der Waals surface area contributed by atoms with Crippen LogP contribution in [0.3, 0.4) is 0 Å². The maximum Gasteiger partial charge on any atom is 0.557 e. The molecular weight excluding hydrogens is 388 g/mol. The van der Waals surface area contributed by atoms with Gasteiger partial charge in [-0.25, -0.2) is 4.84 Å². The first kappa shape index (κ1) is 22.3. The summed E-state index contributed by atoms with van der Waals surface area (Å²) in [5.74, 6) is 0.439. The highest BCUT2D eigenvalue weighted by molar-refractivity contribution is 5.56. The van der Waals surface area contributed by atoms with E-state index in [9.17, 15) is 20.0 Å². The highest BCUT2D eigenvalue weighted by Gasteiger charge is 2.55. The topological polar surface area (TPSA) is 98.9 Å². The van der Waals surface area contributed by atoms with Crippen LogP contribution in [0.5, 0.6) is 5.75 Å². The lowest BCUT2D eigenvalue weighted by atomic mass is 9.68. The largest absolute Gasteiger partial charge is 0.557 e. The molecule has 0 spiro atoms. The number of aryl methyl sites for hydroxylation is 1. The summed E-state index contributed by atoms with van der Waals surface area (Å²) in [6, 6.07) is 3.45. The molecule has 1 aliphatic heterocycles. The van der Waals surface area contributed by atoms with E-state index in [4.69, 9.17) is 9.57 Å². The van der Waals surface area contributed by atoms with Crippen LogP contribution in [0, 0.1) is 22.5 Å². The van der Waals surface area contributed by atoms with Crippen LogP contribution in [0.25, 0.3) is 0 Å². The summed E-state index contributed by atoms with van der Waals surface area (Å²) in [7, 11) is 0. The second-order valence-electron chi connectivity index (χ2n) is 10.4. The molecule has 30 heavy (non-hydrogen) atoms. The van der Waals surface area contributed by atoms with Crippen LogP contribution >= 0.6 is 0 Å². The molecule has 1 aromatic rings. The van der Waals surface area contributed by atoms with E-state index in [1.807, 2.05) is 33.8 Å². The molecule has 2 unspecified atom stereocenters. The third-order valence-corrected chi connectivity index (χ3v) is 6.60. The summed E-state index contributed by atoms with van der Waals surface area (Å²) in [6.45, 7) is 13.2. The van der Waals surface area contributed by atoms with Gasteiger partial charge in [0.05, 0.1) is 11.0 Å². The first-order valence-corrected chi connectivity index (χ1v) is 10.5. The van der Waals surface area contributed by atoms with Crippen molar-refractivity contribution in [1.82, 2.24) is 0 Å². The Morgan fingerprint density at radius 3 is 2.37 bits per heavy atom. The predicted octanol–water partition coefficient (Wildman–Crippen LogP) is 5.18. The first-order valence-electron chi connectivity index (χ1n) is 10.5. The van der Waals surface area contributed by atoms with E-state index in [1.54, 1.807) is 6.07 Å². The highest BCUT2D eigenvalue weighted by Crippen LogP contribution is 2.50. The normalized spacial score (nSPS) is 26.1. The minimum Gasteiger partial charge on any atom is -0.483 e. The fraction of sp³-hybridized carbons (Fsp3) is 0.682. The summed E-state index contributed by atoms with van der Waals surface area (Å²) in [6.07, 6.45) is 1.35. The zero-order valence-corrected chi connectivity index (χ0v) is 18.7. The van der Waals surface area contributed by atoms with Crippen molar-refractivity contribution >= 4 is 11.8 Å². The second-order valence-corrected chi connectivity index (χ2v) is 10.4. The Balaban J connectivity index is 1.99. The standard InChI is InChI=1S/C22H32N2O6/c1-14-11-18(23(27)28)19(29-15-7-8-15)12-16(14)17-9-10-24(21(2,3)4,30-20(25)26)13-22(17,5)6/h11-12,15,17H,7-10,13H2,1-6H3/p+1. The van der Waals surface area contributed by atoms with Crippen LogP contribution in [0.1, 0.15) is 70.9 Å². The van der Waals surface area contributed by atoms with Crippen molar-refractivity contribution in [2.75, 3.05) is 13.1 Å². The van der Waals surface area contributed by atoms with Crippen LogP contribution in [-0.4, -0.2) is 45.6 Å². The van der Waals surface area contributed by atoms with Crippen LogP contribution in [0.2, 0.25) is 0 Å². The number of rotatable bonds is 5. The maximum absolute atomic E-state index is 11.5. The number of piperidine rings is 1. The monoisotopic (exact) mass is 421 g/mol. The number of benzene rings is 1. The van der Waals surface area contributed by atoms with Crippen molar-refractivity contribution in [3.05, 3.63) is 33.4 Å². The number of likely N-dealkylation sites (tertiary alicyclic amines) is 1. The van der Waals surface area contributed by atoms with Gasteiger partial charge in [-0.2, -0.15) is 4.79 Å². The molecule has 1 aliphatic carbocycles. The molecule has 166 valence electrons. The maximum atomic E-state index is 11.5. The quantitative estimate of drug-likeness (QED) is 0.399. The Labute approximate surface area is 177 Å². The number of nitro groups is 1. The number of ether oxygens (including phenoxy) is 1. The molecule has 1 N–H and O–H groups in total. The molecule has 0 aromatic heterocycles. The number of nitrogens with zero attached hydrogens (tertiary/aromatic N) is 2. The Morgan fingerprint density at radius 2 is 1.90 bits per heavy atom. The third-order valence-electron chi connectivity index (χ3n) is 6.60. The lowest BCUT2D eigenvalue weighted by Gasteiger charge is -2.53. The fourth-order valence-corrected chi connectivity index (χ4v) is 4.76. The molecule has 1 heterocycles. The lowest BCUT2D eigenvalue weighted by Crippen LogP contribution is -2.67. The van der Waals surface area contributed by atoms with Gasteiger partial charge in [-0.1, -0.05) is 13.8 Å². The van der Waals surface area contributed by atoms with Crippen molar-refractivity contribution in [3.63, 3.8) is 0 Å². The molecule has 8 nitrogen and oxygen atoms in total. The van der Waals surface area contributed by atoms with E-state index in [2.05, 4.69) is 13.8 Å². The molecule has 8 heteroatoms. The minimum atomic E-state index is -1.27. The predicted molar refractivity (Wildman–Crippen MR) is 111 cm³/mol. The van der Waals surface area contributed by atoms with Gasteiger partial charge in [-0.15, -0.1) is 4.65 Å². The Kier molecular flexibility index (Phi) is 5.52. The van der Waals surface area contributed by atoms with Crippen molar-refractivity contribution in [2.24, 2.45) is 5.41 Å². The van der Waals surface area contributed by atoms with Gasteiger partial charge in [0.1, 0.15) is 18.6 Å². The summed E-state index contributed by atoms with van der Waals surface area (Å²) in [5.41, 5.74) is 1.19. The molecule has 2 fully saturated rings. The van der Waals surface area contributed by atoms with Crippen molar-refractivity contribution in [3.8, 4) is 5.75 Å². The van der Waals surface area contributed by atoms with Crippen LogP contribution in [0.4, 0.5) is 10.5 Å². The SMILES string of the molecule is Cc1cc([N+](=O)[O-])c(OC2CC2)cc1C1CC[N+](OC(=O)O)(C(C)(C)C)CC1(C)C. The zero-order valence-electron chi connectivity index (χ0n) is 18.7. The van der Waals surface area contributed by atoms with Crippen molar-refractivity contribution in [1.29, 1.82) is 0 Å². The zero-order chi connectivity index (χ0) is 22.5.